The average molecular weight is 484 g/mol. The van der Waals surface area contributed by atoms with Crippen molar-refractivity contribution in [2.45, 2.75) is 37.8 Å². The molecule has 2 N–H and O–H groups in total. The lowest BCUT2D eigenvalue weighted by Gasteiger charge is -2.24. The zero-order valence-electron chi connectivity index (χ0n) is 19.2. The van der Waals surface area contributed by atoms with Crippen molar-refractivity contribution in [2.24, 2.45) is 0 Å². The maximum absolute atomic E-state index is 15.0. The van der Waals surface area contributed by atoms with Crippen LogP contribution in [0.25, 0.3) is 11.1 Å². The van der Waals surface area contributed by atoms with Crippen LogP contribution in [0.2, 0.25) is 0 Å². The molecule has 0 fully saturated rings. The first-order valence-electron chi connectivity index (χ1n) is 10.9. The van der Waals surface area contributed by atoms with Crippen molar-refractivity contribution in [1.29, 1.82) is 0 Å². The van der Waals surface area contributed by atoms with Gasteiger partial charge in [0.2, 0.25) is 0 Å². The maximum atomic E-state index is 15.0. The summed E-state index contributed by atoms with van der Waals surface area (Å²) in [5, 5.41) is 0. The highest BCUT2D eigenvalue weighted by atomic mass is 32.2. The number of halogens is 1. The molecule has 34 heavy (non-hydrogen) atoms. The number of amides is 1. The van der Waals surface area contributed by atoms with Crippen molar-refractivity contribution in [2.75, 3.05) is 18.5 Å². The van der Waals surface area contributed by atoms with Crippen molar-refractivity contribution >= 4 is 21.6 Å². The van der Waals surface area contributed by atoms with E-state index in [1.807, 2.05) is 31.2 Å². The molecule has 1 atom stereocenters. The highest BCUT2D eigenvalue weighted by Gasteiger charge is 2.28. The van der Waals surface area contributed by atoms with E-state index in [1.54, 1.807) is 24.1 Å². The molecule has 2 aromatic carbocycles. The van der Waals surface area contributed by atoms with E-state index in [1.165, 1.54) is 6.07 Å². The summed E-state index contributed by atoms with van der Waals surface area (Å²) >= 11 is 0. The lowest BCUT2D eigenvalue weighted by molar-refractivity contribution is 0.0689. The molecular formula is C25H26FN3O4S. The highest BCUT2D eigenvalue weighted by Crippen LogP contribution is 2.32. The highest BCUT2D eigenvalue weighted by molar-refractivity contribution is 7.90. The molecule has 0 bridgehead atoms. The Bertz CT molecular complexity index is 1360. The van der Waals surface area contributed by atoms with Gasteiger partial charge in [-0.25, -0.2) is 17.8 Å². The van der Waals surface area contributed by atoms with Crippen LogP contribution >= 0.6 is 0 Å². The molecule has 0 spiro atoms. The molecular weight excluding hydrogens is 457 g/mol. The number of carbonyl (C=O) groups is 1. The predicted octanol–water partition coefficient (Wildman–Crippen LogP) is 3.86. The number of fused-ring (bicyclic) bond motifs is 1. The number of sulfone groups is 1. The topological polar surface area (TPSA) is 103 Å². The van der Waals surface area contributed by atoms with Gasteiger partial charge in [0.05, 0.1) is 6.54 Å². The van der Waals surface area contributed by atoms with Gasteiger partial charge in [-0.3, -0.25) is 4.79 Å². The van der Waals surface area contributed by atoms with Gasteiger partial charge in [0.25, 0.3) is 5.91 Å². The third-order valence-electron chi connectivity index (χ3n) is 5.83. The molecule has 0 unspecified atom stereocenters. The van der Waals surface area contributed by atoms with Crippen LogP contribution in [0.1, 0.15) is 35.3 Å². The zero-order valence-corrected chi connectivity index (χ0v) is 20.0. The number of nitrogens with zero attached hydrogens (tertiary/aromatic N) is 2. The molecule has 0 radical (unpaired) electrons. The van der Waals surface area contributed by atoms with Crippen molar-refractivity contribution in [1.82, 2.24) is 9.88 Å². The van der Waals surface area contributed by atoms with Crippen molar-refractivity contribution in [3.63, 3.8) is 0 Å². The molecule has 0 saturated heterocycles. The van der Waals surface area contributed by atoms with Crippen molar-refractivity contribution < 1.29 is 22.3 Å². The number of nitrogen functional groups attached to an aromatic ring is 1. The zero-order chi connectivity index (χ0) is 24.6. The normalized spacial score (nSPS) is 15.9. The number of nitrogens with two attached hydrogens (primary N) is 1. The summed E-state index contributed by atoms with van der Waals surface area (Å²) in [5.74, 6) is -0.148. The monoisotopic (exact) mass is 483 g/mol. The predicted molar refractivity (Wildman–Crippen MR) is 128 cm³/mol. The van der Waals surface area contributed by atoms with Crippen LogP contribution in [-0.4, -0.2) is 43.1 Å². The van der Waals surface area contributed by atoms with Crippen LogP contribution in [0.5, 0.6) is 5.75 Å². The van der Waals surface area contributed by atoms with E-state index in [0.717, 1.165) is 29.0 Å². The van der Waals surface area contributed by atoms with Crippen LogP contribution in [-0.2, 0) is 22.8 Å². The molecule has 3 aromatic rings. The first-order valence-corrected chi connectivity index (χ1v) is 12.8. The molecule has 178 valence electrons. The second kappa shape index (κ2) is 9.06. The maximum Gasteiger partial charge on any atom is 0.254 e. The summed E-state index contributed by atoms with van der Waals surface area (Å²) in [5.41, 5.74) is 8.51. The van der Waals surface area contributed by atoms with Gasteiger partial charge in [0.1, 0.15) is 28.4 Å². The number of hydrogen-bond acceptors (Lipinski definition) is 6. The van der Waals surface area contributed by atoms with E-state index in [0.29, 0.717) is 18.1 Å². The third kappa shape index (κ3) is 4.61. The van der Waals surface area contributed by atoms with Gasteiger partial charge in [0.15, 0.2) is 9.84 Å². The second-order valence-electron chi connectivity index (χ2n) is 8.44. The molecule has 1 aliphatic heterocycles. The quantitative estimate of drug-likeness (QED) is 0.605. The largest absolute Gasteiger partial charge is 0.489 e. The molecule has 1 amide bonds. The molecule has 1 aromatic heterocycles. The van der Waals surface area contributed by atoms with Gasteiger partial charge >= 0.3 is 0 Å². The minimum atomic E-state index is -3.75. The molecule has 1 aliphatic rings. The fourth-order valence-electron chi connectivity index (χ4n) is 4.17. The Hall–Kier alpha value is -3.46. The van der Waals surface area contributed by atoms with E-state index in [2.05, 4.69) is 4.98 Å². The minimum absolute atomic E-state index is 0.0904. The first-order chi connectivity index (χ1) is 16.1. The van der Waals surface area contributed by atoms with Gasteiger partial charge in [-0.05, 0) is 55.3 Å². The van der Waals surface area contributed by atoms with E-state index >= 15 is 4.39 Å². The Morgan fingerprint density at radius 3 is 2.59 bits per heavy atom. The van der Waals surface area contributed by atoms with E-state index < -0.39 is 20.5 Å². The van der Waals surface area contributed by atoms with Gasteiger partial charge in [-0.2, -0.15) is 0 Å². The Morgan fingerprint density at radius 2 is 1.94 bits per heavy atom. The van der Waals surface area contributed by atoms with E-state index in [-0.39, 0.29) is 36.1 Å². The number of ether oxygens (including phenoxy) is 1. The van der Waals surface area contributed by atoms with Gasteiger partial charge in [-0.1, -0.05) is 13.0 Å². The molecule has 9 heteroatoms. The lowest BCUT2D eigenvalue weighted by Crippen LogP contribution is -2.36. The fraction of sp³-hybridized carbons (Fsp3) is 0.280. The Labute approximate surface area is 198 Å². The standard InChI is InChI=1S/C25H26FN3O4S/c1-4-19-20(7-9-22(24(19)26)34(3,31)32)25(30)29-13-15(2)33-21-8-5-16(11-18(21)14-29)17-6-10-23(27)28-12-17/h5-12,15H,4,13-14H2,1-3H3,(H2,27,28)/t15-/m0/s1. The van der Waals surface area contributed by atoms with Gasteiger partial charge in [-0.15, -0.1) is 0 Å². The van der Waals surface area contributed by atoms with Crippen molar-refractivity contribution in [3.05, 3.63) is 71.2 Å². The molecule has 0 aliphatic carbocycles. The third-order valence-corrected chi connectivity index (χ3v) is 6.94. The van der Waals surface area contributed by atoms with Crippen LogP contribution in [0, 0.1) is 5.82 Å². The van der Waals surface area contributed by atoms with E-state index in [4.69, 9.17) is 10.5 Å². The fourth-order valence-corrected chi connectivity index (χ4v) is 4.93. The minimum Gasteiger partial charge on any atom is -0.489 e. The van der Waals surface area contributed by atoms with E-state index in [9.17, 15) is 13.2 Å². The number of aromatic nitrogens is 1. The lowest BCUT2D eigenvalue weighted by atomic mass is 10.0. The summed E-state index contributed by atoms with van der Waals surface area (Å²) < 4.78 is 44.9. The SMILES string of the molecule is CCc1c(C(=O)N2Cc3cc(-c4ccc(N)nc4)ccc3O[C@@H](C)C2)ccc(S(C)(=O)=O)c1F. The molecule has 0 saturated carbocycles. The van der Waals surface area contributed by atoms with Gasteiger partial charge < -0.3 is 15.4 Å². The number of benzene rings is 2. The Balaban J connectivity index is 1.71. The summed E-state index contributed by atoms with van der Waals surface area (Å²) in [6.07, 6.45) is 2.52. The number of rotatable bonds is 4. The number of pyridine rings is 1. The van der Waals surface area contributed by atoms with Crippen LogP contribution in [0.4, 0.5) is 10.2 Å². The van der Waals surface area contributed by atoms with Crippen LogP contribution in [0.15, 0.2) is 53.6 Å². The first kappa shape index (κ1) is 23.7. The smallest absolute Gasteiger partial charge is 0.254 e. The van der Waals surface area contributed by atoms with Crippen molar-refractivity contribution in [3.8, 4) is 16.9 Å². The molecule has 2 heterocycles. The Morgan fingerprint density at radius 1 is 1.21 bits per heavy atom. The Kier molecular flexibility index (Phi) is 6.31. The average Bonchev–Trinajstić information content (AvgIpc) is 2.95. The summed E-state index contributed by atoms with van der Waals surface area (Å²) in [6, 6.07) is 11.9. The second-order valence-corrected chi connectivity index (χ2v) is 10.4. The number of carbonyl (C=O) groups excluding carboxylic acids is 1. The van der Waals surface area contributed by atoms with Crippen LogP contribution < -0.4 is 10.5 Å². The number of hydrogen-bond donors (Lipinski definition) is 1. The molecule has 7 nitrogen and oxygen atoms in total. The van der Waals surface area contributed by atoms with Crippen LogP contribution in [0.3, 0.4) is 0 Å². The molecule has 4 rings (SSSR count). The van der Waals surface area contributed by atoms with Gasteiger partial charge in [0, 0.05) is 41.3 Å². The summed E-state index contributed by atoms with van der Waals surface area (Å²) in [6.45, 7) is 4.11. The summed E-state index contributed by atoms with van der Waals surface area (Å²) in [4.78, 5) is 18.9. The number of anilines is 1. The summed E-state index contributed by atoms with van der Waals surface area (Å²) in [7, 11) is -3.75.